The van der Waals surface area contributed by atoms with Gasteiger partial charge in [-0.25, -0.2) is 0 Å². The van der Waals surface area contributed by atoms with E-state index in [-0.39, 0.29) is 0 Å². The number of hydrazone groups is 1. The van der Waals surface area contributed by atoms with E-state index in [9.17, 15) is 0 Å². The van der Waals surface area contributed by atoms with E-state index in [4.69, 9.17) is 5.84 Å². The number of rotatable bonds is 1. The molecule has 0 bridgehead atoms. The highest BCUT2D eigenvalue weighted by Crippen LogP contribution is 2.16. The maximum atomic E-state index is 5.38. The molecule has 2 N–H and O–H groups in total. The normalized spacial score (nSPS) is 17.8. The fourth-order valence-corrected chi connectivity index (χ4v) is 2.33. The van der Waals surface area contributed by atoms with E-state index in [0.717, 1.165) is 11.8 Å². The maximum Gasteiger partial charge on any atom is 0.115 e. The second kappa shape index (κ2) is 5.18. The molecule has 0 aliphatic heterocycles. The lowest BCUT2D eigenvalue weighted by Crippen LogP contribution is -2.33. The summed E-state index contributed by atoms with van der Waals surface area (Å²) in [6.45, 7) is 6.63. The Bertz CT molecular complexity index is 337. The lowest BCUT2D eigenvalue weighted by Gasteiger charge is -2.12. The van der Waals surface area contributed by atoms with Crippen LogP contribution in [0.5, 0.6) is 0 Å². The smallest absolute Gasteiger partial charge is 0.115 e. The van der Waals surface area contributed by atoms with Crippen molar-refractivity contribution in [1.82, 2.24) is 0 Å². The number of hydrogen-bond acceptors (Lipinski definition) is 2. The fourth-order valence-electron chi connectivity index (χ4n) is 1.50. The van der Waals surface area contributed by atoms with Gasteiger partial charge >= 0.3 is 0 Å². The van der Waals surface area contributed by atoms with Crippen LogP contribution in [0.4, 0.5) is 0 Å². The molecule has 0 aromatic heterocycles. The van der Waals surface area contributed by atoms with Crippen LogP contribution in [0.25, 0.3) is 0 Å². The Balaban J connectivity index is 2.75. The molecule has 1 rings (SSSR count). The zero-order valence-electron chi connectivity index (χ0n) is 9.93. The van der Waals surface area contributed by atoms with Crippen molar-refractivity contribution in [2.24, 2.45) is 10.9 Å². The molecular formula is C12H20N2Si. The molecule has 0 spiro atoms. The van der Waals surface area contributed by atoms with Crippen molar-refractivity contribution < 1.29 is 0 Å². The van der Waals surface area contributed by atoms with Gasteiger partial charge in [-0.15, -0.1) is 0 Å². The molecule has 0 unspecified atom stereocenters. The summed E-state index contributed by atoms with van der Waals surface area (Å²) in [5.74, 6) is 11.7. The van der Waals surface area contributed by atoms with Crippen LogP contribution < -0.4 is 5.84 Å². The summed E-state index contributed by atoms with van der Waals surface area (Å²) in [5, 5.41) is 4.73. The lowest BCUT2D eigenvalue weighted by molar-refractivity contribution is 0.715. The van der Waals surface area contributed by atoms with Crippen LogP contribution in [0, 0.1) is 11.8 Å². The largest absolute Gasteiger partial charge is 0.323 e. The zero-order chi connectivity index (χ0) is 11.3. The van der Waals surface area contributed by atoms with E-state index in [2.05, 4.69) is 42.7 Å². The third-order valence-corrected chi connectivity index (χ3v) is 4.15. The van der Waals surface area contributed by atoms with Crippen molar-refractivity contribution >= 4 is 13.4 Å². The SMILES string of the molecule is C[Si](C)(C)/C(C#CC1=CCCCC1)=N\N. The molecule has 0 aromatic rings. The summed E-state index contributed by atoms with van der Waals surface area (Å²) >= 11 is 0. The molecule has 82 valence electrons. The highest BCUT2D eigenvalue weighted by atomic mass is 28.3. The molecule has 0 fully saturated rings. The van der Waals surface area contributed by atoms with Crippen LogP contribution in [-0.4, -0.2) is 13.4 Å². The average Bonchev–Trinajstić information content (AvgIpc) is 2.18. The van der Waals surface area contributed by atoms with Gasteiger partial charge in [0.25, 0.3) is 0 Å². The van der Waals surface area contributed by atoms with Gasteiger partial charge in [-0.2, -0.15) is 5.10 Å². The molecule has 2 nitrogen and oxygen atoms in total. The van der Waals surface area contributed by atoms with Crippen LogP contribution in [0.15, 0.2) is 16.8 Å². The van der Waals surface area contributed by atoms with Crippen molar-refractivity contribution in [1.29, 1.82) is 0 Å². The van der Waals surface area contributed by atoms with Gasteiger partial charge in [-0.05, 0) is 37.2 Å². The van der Waals surface area contributed by atoms with Gasteiger partial charge < -0.3 is 5.84 Å². The Morgan fingerprint density at radius 2 is 2.13 bits per heavy atom. The molecule has 15 heavy (non-hydrogen) atoms. The van der Waals surface area contributed by atoms with Gasteiger partial charge in [0, 0.05) is 0 Å². The van der Waals surface area contributed by atoms with Gasteiger partial charge in [0.1, 0.15) is 8.07 Å². The van der Waals surface area contributed by atoms with Crippen molar-refractivity contribution in [3.63, 3.8) is 0 Å². The summed E-state index contributed by atoms with van der Waals surface area (Å²) < 4.78 is 0. The Hall–Kier alpha value is -1.01. The van der Waals surface area contributed by atoms with E-state index < -0.39 is 8.07 Å². The molecule has 1 aliphatic carbocycles. The van der Waals surface area contributed by atoms with Gasteiger partial charge in [0.05, 0.1) is 5.33 Å². The first kappa shape index (κ1) is 12.1. The van der Waals surface area contributed by atoms with Gasteiger partial charge in [-0.3, -0.25) is 0 Å². The second-order valence-electron chi connectivity index (χ2n) is 4.95. The standard InChI is InChI=1S/C12H20N2Si/c1-15(2,3)12(14-13)10-9-11-7-5-4-6-8-11/h7H,4-6,8,13H2,1-3H3/b14-12-. The molecule has 0 atom stereocenters. The predicted molar refractivity (Wildman–Crippen MR) is 69.3 cm³/mol. The minimum absolute atomic E-state index is 0.911. The van der Waals surface area contributed by atoms with Crippen molar-refractivity contribution in [2.75, 3.05) is 0 Å². The van der Waals surface area contributed by atoms with E-state index in [1.165, 1.54) is 24.8 Å². The molecule has 0 heterocycles. The first-order valence-corrected chi connectivity index (χ1v) is 9.03. The second-order valence-corrected chi connectivity index (χ2v) is 9.93. The molecule has 0 saturated carbocycles. The number of nitrogens with zero attached hydrogens (tertiary/aromatic N) is 1. The Morgan fingerprint density at radius 1 is 1.40 bits per heavy atom. The van der Waals surface area contributed by atoms with E-state index in [1.807, 2.05) is 0 Å². The van der Waals surface area contributed by atoms with Gasteiger partial charge in [0.15, 0.2) is 0 Å². The summed E-state index contributed by atoms with van der Waals surface area (Å²) in [7, 11) is -1.45. The summed E-state index contributed by atoms with van der Waals surface area (Å²) in [6, 6.07) is 0. The maximum absolute atomic E-state index is 5.38. The van der Waals surface area contributed by atoms with Gasteiger partial charge in [-0.1, -0.05) is 31.6 Å². The van der Waals surface area contributed by atoms with Crippen LogP contribution in [0.2, 0.25) is 19.6 Å². The van der Waals surface area contributed by atoms with Crippen LogP contribution in [0.1, 0.15) is 25.7 Å². The summed E-state index contributed by atoms with van der Waals surface area (Å²) in [5.41, 5.74) is 1.26. The molecule has 0 amide bonds. The van der Waals surface area contributed by atoms with Crippen molar-refractivity contribution in [2.45, 2.75) is 45.3 Å². The molecule has 3 heteroatoms. The first-order valence-electron chi connectivity index (χ1n) is 5.53. The van der Waals surface area contributed by atoms with Crippen LogP contribution >= 0.6 is 0 Å². The van der Waals surface area contributed by atoms with E-state index >= 15 is 0 Å². The minimum atomic E-state index is -1.45. The minimum Gasteiger partial charge on any atom is -0.323 e. The molecule has 0 radical (unpaired) electrons. The quantitative estimate of drug-likeness (QED) is 0.238. The van der Waals surface area contributed by atoms with Crippen molar-refractivity contribution in [3.8, 4) is 11.8 Å². The van der Waals surface area contributed by atoms with Crippen molar-refractivity contribution in [3.05, 3.63) is 11.6 Å². The Kier molecular flexibility index (Phi) is 4.16. The molecule has 1 aliphatic rings. The van der Waals surface area contributed by atoms with Crippen LogP contribution in [0.3, 0.4) is 0 Å². The summed E-state index contributed by atoms with van der Waals surface area (Å²) in [4.78, 5) is 0. The monoisotopic (exact) mass is 220 g/mol. The summed E-state index contributed by atoms with van der Waals surface area (Å²) in [6.07, 6.45) is 7.11. The Morgan fingerprint density at radius 3 is 2.60 bits per heavy atom. The zero-order valence-corrected chi connectivity index (χ0v) is 10.9. The topological polar surface area (TPSA) is 38.4 Å². The van der Waals surface area contributed by atoms with E-state index in [1.54, 1.807) is 0 Å². The number of hydrogen-bond donors (Lipinski definition) is 1. The average molecular weight is 220 g/mol. The third kappa shape index (κ3) is 3.92. The predicted octanol–water partition coefficient (Wildman–Crippen LogP) is 2.68. The van der Waals surface area contributed by atoms with Crippen LogP contribution in [-0.2, 0) is 0 Å². The molecule has 0 saturated heterocycles. The number of allylic oxidation sites excluding steroid dienone is 2. The highest BCUT2D eigenvalue weighted by molar-refractivity contribution is 7.06. The fraction of sp³-hybridized carbons (Fsp3) is 0.583. The Labute approximate surface area is 93.6 Å². The molecule has 0 aromatic carbocycles. The first-order chi connectivity index (χ1) is 7.04. The third-order valence-electron chi connectivity index (χ3n) is 2.47. The van der Waals surface area contributed by atoms with E-state index in [0.29, 0.717) is 0 Å². The number of nitrogens with two attached hydrogens (primary N) is 1. The highest BCUT2D eigenvalue weighted by Gasteiger charge is 2.19. The molecular weight excluding hydrogens is 200 g/mol. The lowest BCUT2D eigenvalue weighted by atomic mass is 10.0. The van der Waals surface area contributed by atoms with Gasteiger partial charge in [0.2, 0.25) is 0 Å².